The fourth-order valence-electron chi connectivity index (χ4n) is 1.83. The first-order chi connectivity index (χ1) is 8.72. The summed E-state index contributed by atoms with van der Waals surface area (Å²) in [7, 11) is 0. The molecule has 0 amide bonds. The van der Waals surface area contributed by atoms with Crippen molar-refractivity contribution in [3.63, 3.8) is 0 Å². The minimum absolute atomic E-state index is 0.214. The third-order valence-electron chi connectivity index (χ3n) is 2.80. The summed E-state index contributed by atoms with van der Waals surface area (Å²) in [5, 5.41) is 3.93. The van der Waals surface area contributed by atoms with Crippen molar-refractivity contribution in [2.45, 2.75) is 13.5 Å². The van der Waals surface area contributed by atoms with E-state index < -0.39 is 0 Å². The zero-order valence-corrected chi connectivity index (χ0v) is 11.0. The molecule has 94 valence electrons. The third-order valence-corrected chi connectivity index (χ3v) is 3.16. The zero-order valence-electron chi connectivity index (χ0n) is 10.2. The van der Waals surface area contributed by atoms with Crippen molar-refractivity contribution in [3.8, 4) is 11.1 Å². The molecule has 0 aliphatic heterocycles. The van der Waals surface area contributed by atoms with Gasteiger partial charge in [-0.05, 0) is 35.9 Å². The van der Waals surface area contributed by atoms with Crippen molar-refractivity contribution >= 4 is 11.6 Å². The van der Waals surface area contributed by atoms with Gasteiger partial charge >= 0.3 is 0 Å². The van der Waals surface area contributed by atoms with Crippen molar-refractivity contribution in [2.75, 3.05) is 6.54 Å². The van der Waals surface area contributed by atoms with Crippen LogP contribution in [-0.2, 0) is 6.54 Å². The fourth-order valence-corrected chi connectivity index (χ4v) is 2.02. The molecule has 18 heavy (non-hydrogen) atoms. The molecule has 0 radical (unpaired) electrons. The largest absolute Gasteiger partial charge is 0.313 e. The lowest BCUT2D eigenvalue weighted by Crippen LogP contribution is -2.12. The average molecular weight is 264 g/mol. The smallest absolute Gasteiger partial charge is 0.131 e. The third kappa shape index (κ3) is 2.89. The SMILES string of the molecule is CCNCc1cc(-c2ccccc2F)ccc1Cl. The van der Waals surface area contributed by atoms with Crippen molar-refractivity contribution in [2.24, 2.45) is 0 Å². The van der Waals surface area contributed by atoms with Crippen LogP contribution in [0.3, 0.4) is 0 Å². The van der Waals surface area contributed by atoms with Crippen LogP contribution < -0.4 is 5.32 Å². The highest BCUT2D eigenvalue weighted by Gasteiger charge is 2.07. The highest BCUT2D eigenvalue weighted by atomic mass is 35.5. The Kier molecular flexibility index (Phi) is 4.34. The van der Waals surface area contributed by atoms with E-state index in [4.69, 9.17) is 11.6 Å². The van der Waals surface area contributed by atoms with Gasteiger partial charge in [-0.2, -0.15) is 0 Å². The van der Waals surface area contributed by atoms with Crippen molar-refractivity contribution in [3.05, 3.63) is 58.9 Å². The molecule has 2 rings (SSSR count). The van der Waals surface area contributed by atoms with Gasteiger partial charge in [-0.25, -0.2) is 4.39 Å². The van der Waals surface area contributed by atoms with Crippen LogP contribution in [0.5, 0.6) is 0 Å². The maximum Gasteiger partial charge on any atom is 0.131 e. The molecule has 0 aliphatic carbocycles. The first kappa shape index (κ1) is 13.1. The Morgan fingerprint density at radius 1 is 1.17 bits per heavy atom. The van der Waals surface area contributed by atoms with E-state index in [0.717, 1.165) is 17.7 Å². The summed E-state index contributed by atoms with van der Waals surface area (Å²) in [6, 6.07) is 12.4. The topological polar surface area (TPSA) is 12.0 Å². The van der Waals surface area contributed by atoms with Gasteiger partial charge in [-0.3, -0.25) is 0 Å². The summed E-state index contributed by atoms with van der Waals surface area (Å²) >= 11 is 6.13. The quantitative estimate of drug-likeness (QED) is 0.869. The van der Waals surface area contributed by atoms with E-state index in [2.05, 4.69) is 5.32 Å². The predicted molar refractivity (Wildman–Crippen MR) is 74.2 cm³/mol. The second-order valence-corrected chi connectivity index (χ2v) is 4.47. The van der Waals surface area contributed by atoms with E-state index >= 15 is 0 Å². The second kappa shape index (κ2) is 5.98. The molecule has 1 nitrogen and oxygen atoms in total. The summed E-state index contributed by atoms with van der Waals surface area (Å²) in [6.07, 6.45) is 0. The molecule has 2 aromatic carbocycles. The summed E-state index contributed by atoms with van der Waals surface area (Å²) < 4.78 is 13.7. The minimum atomic E-state index is -0.214. The van der Waals surface area contributed by atoms with Gasteiger partial charge in [0.05, 0.1) is 0 Å². The molecule has 0 saturated carbocycles. The standard InChI is InChI=1S/C15H15ClFN/c1-2-18-10-12-9-11(7-8-14(12)16)13-5-3-4-6-15(13)17/h3-9,18H,2,10H2,1H3. The van der Waals surface area contributed by atoms with Gasteiger partial charge in [0.2, 0.25) is 0 Å². The Labute approximate surface area is 112 Å². The van der Waals surface area contributed by atoms with Gasteiger partial charge in [-0.15, -0.1) is 0 Å². The number of benzene rings is 2. The Morgan fingerprint density at radius 3 is 2.67 bits per heavy atom. The van der Waals surface area contributed by atoms with Crippen molar-refractivity contribution in [1.29, 1.82) is 0 Å². The van der Waals surface area contributed by atoms with Crippen LogP contribution in [0.4, 0.5) is 4.39 Å². The molecule has 0 saturated heterocycles. The van der Waals surface area contributed by atoms with Crippen molar-refractivity contribution in [1.82, 2.24) is 5.32 Å². The number of hydrogen-bond donors (Lipinski definition) is 1. The first-order valence-electron chi connectivity index (χ1n) is 5.96. The summed E-state index contributed by atoms with van der Waals surface area (Å²) in [5.41, 5.74) is 2.44. The average Bonchev–Trinajstić information content (AvgIpc) is 2.39. The van der Waals surface area contributed by atoms with E-state index in [1.807, 2.05) is 31.2 Å². The van der Waals surface area contributed by atoms with E-state index in [1.165, 1.54) is 6.07 Å². The van der Waals surface area contributed by atoms with E-state index in [-0.39, 0.29) is 5.82 Å². The fraction of sp³-hybridized carbons (Fsp3) is 0.200. The summed E-state index contributed by atoms with van der Waals surface area (Å²) in [4.78, 5) is 0. The number of nitrogens with one attached hydrogen (secondary N) is 1. The second-order valence-electron chi connectivity index (χ2n) is 4.07. The molecule has 2 aromatic rings. The molecule has 0 aromatic heterocycles. The molecule has 0 unspecified atom stereocenters. The van der Waals surface area contributed by atoms with Gasteiger partial charge in [0, 0.05) is 17.1 Å². The summed E-state index contributed by atoms with van der Waals surface area (Å²) in [6.45, 7) is 3.60. The van der Waals surface area contributed by atoms with Crippen LogP contribution in [0, 0.1) is 5.82 Å². The lowest BCUT2D eigenvalue weighted by molar-refractivity contribution is 0.631. The van der Waals surface area contributed by atoms with Crippen LogP contribution in [0.1, 0.15) is 12.5 Å². The molecule has 0 heterocycles. The predicted octanol–water partition coefficient (Wildman–Crippen LogP) is 4.26. The molecule has 0 fully saturated rings. The molecule has 0 atom stereocenters. The van der Waals surface area contributed by atoms with Crippen LogP contribution in [-0.4, -0.2) is 6.54 Å². The highest BCUT2D eigenvalue weighted by molar-refractivity contribution is 6.31. The van der Waals surface area contributed by atoms with Gasteiger partial charge in [-0.1, -0.05) is 42.8 Å². The number of hydrogen-bond acceptors (Lipinski definition) is 1. The van der Waals surface area contributed by atoms with E-state index in [0.29, 0.717) is 17.1 Å². The van der Waals surface area contributed by atoms with Crippen LogP contribution in [0.25, 0.3) is 11.1 Å². The van der Waals surface area contributed by atoms with Crippen LogP contribution in [0.2, 0.25) is 5.02 Å². The molecule has 1 N–H and O–H groups in total. The van der Waals surface area contributed by atoms with Gasteiger partial charge in [0.25, 0.3) is 0 Å². The minimum Gasteiger partial charge on any atom is -0.313 e. The van der Waals surface area contributed by atoms with Gasteiger partial charge < -0.3 is 5.32 Å². The summed E-state index contributed by atoms with van der Waals surface area (Å²) in [5.74, 6) is -0.214. The van der Waals surface area contributed by atoms with Gasteiger partial charge in [0.15, 0.2) is 0 Å². The number of rotatable bonds is 4. The molecule has 0 aliphatic rings. The van der Waals surface area contributed by atoms with E-state index in [9.17, 15) is 4.39 Å². The highest BCUT2D eigenvalue weighted by Crippen LogP contribution is 2.27. The maximum atomic E-state index is 13.7. The first-order valence-corrected chi connectivity index (χ1v) is 6.34. The van der Waals surface area contributed by atoms with Crippen LogP contribution >= 0.6 is 11.6 Å². The zero-order chi connectivity index (χ0) is 13.0. The van der Waals surface area contributed by atoms with Crippen molar-refractivity contribution < 1.29 is 4.39 Å². The maximum absolute atomic E-state index is 13.7. The molecule has 0 bridgehead atoms. The monoisotopic (exact) mass is 263 g/mol. The molecule has 0 spiro atoms. The Bertz CT molecular complexity index is 540. The molecular formula is C15H15ClFN. The molecule has 3 heteroatoms. The lowest BCUT2D eigenvalue weighted by Gasteiger charge is -2.09. The Morgan fingerprint density at radius 2 is 1.94 bits per heavy atom. The number of halogens is 2. The Hall–Kier alpha value is -1.38. The Balaban J connectivity index is 2.38. The van der Waals surface area contributed by atoms with E-state index in [1.54, 1.807) is 12.1 Å². The molecular weight excluding hydrogens is 249 g/mol. The van der Waals surface area contributed by atoms with Crippen LogP contribution in [0.15, 0.2) is 42.5 Å². The van der Waals surface area contributed by atoms with Gasteiger partial charge in [0.1, 0.15) is 5.82 Å². The normalized spacial score (nSPS) is 10.6. The lowest BCUT2D eigenvalue weighted by atomic mass is 10.0.